The summed E-state index contributed by atoms with van der Waals surface area (Å²) in [5, 5.41) is 16.2. The lowest BCUT2D eigenvalue weighted by molar-refractivity contribution is -0.384. The smallest absolute Gasteiger partial charge is 0.269 e. The first-order chi connectivity index (χ1) is 8.36. The number of likely N-dealkylation sites (N-methyl/N-ethyl adjacent to an activating group) is 1. The minimum absolute atomic E-state index is 0.0228. The molecular formula is C12H17N3O3. The summed E-state index contributed by atoms with van der Waals surface area (Å²) in [5.74, 6) is -0.156. The normalized spacial score (nSPS) is 11.1. The molecule has 0 saturated heterocycles. The standard InChI is InChI=1S/C12H17N3O3/c1-12(2,13-3)11(16)14-8-9-5-4-6-10(7-9)15(17)18/h4-7,13H,8H2,1-3H3,(H,14,16). The summed E-state index contributed by atoms with van der Waals surface area (Å²) in [6.45, 7) is 3.79. The molecule has 2 N–H and O–H groups in total. The lowest BCUT2D eigenvalue weighted by Crippen LogP contribution is -2.50. The van der Waals surface area contributed by atoms with Crippen molar-refractivity contribution in [2.45, 2.75) is 25.9 Å². The average Bonchev–Trinajstić information content (AvgIpc) is 2.36. The zero-order valence-corrected chi connectivity index (χ0v) is 10.7. The van der Waals surface area contributed by atoms with Crippen LogP contribution in [0.2, 0.25) is 0 Å². The Labute approximate surface area is 106 Å². The number of carbonyl (C=O) groups is 1. The molecule has 0 aliphatic rings. The molecule has 18 heavy (non-hydrogen) atoms. The van der Waals surface area contributed by atoms with E-state index >= 15 is 0 Å². The molecule has 98 valence electrons. The van der Waals surface area contributed by atoms with Crippen LogP contribution < -0.4 is 10.6 Å². The molecule has 1 rings (SSSR count). The Morgan fingerprint density at radius 3 is 2.67 bits per heavy atom. The van der Waals surface area contributed by atoms with Gasteiger partial charge in [-0.15, -0.1) is 0 Å². The van der Waals surface area contributed by atoms with Gasteiger partial charge in [0.1, 0.15) is 0 Å². The first-order valence-corrected chi connectivity index (χ1v) is 5.57. The van der Waals surface area contributed by atoms with Gasteiger partial charge in [0.05, 0.1) is 10.5 Å². The minimum atomic E-state index is -0.666. The van der Waals surface area contributed by atoms with Gasteiger partial charge in [-0.3, -0.25) is 14.9 Å². The molecule has 6 nitrogen and oxygen atoms in total. The number of amides is 1. The molecule has 1 aromatic carbocycles. The first-order valence-electron chi connectivity index (χ1n) is 5.57. The molecule has 6 heteroatoms. The van der Waals surface area contributed by atoms with E-state index in [9.17, 15) is 14.9 Å². The summed E-state index contributed by atoms with van der Waals surface area (Å²) in [7, 11) is 1.70. The third-order valence-electron chi connectivity index (χ3n) is 2.77. The Morgan fingerprint density at radius 2 is 2.11 bits per heavy atom. The molecule has 1 aromatic rings. The summed E-state index contributed by atoms with van der Waals surface area (Å²) in [6.07, 6.45) is 0. The second-order valence-electron chi connectivity index (χ2n) is 4.48. The number of nitrogens with one attached hydrogen (secondary N) is 2. The molecule has 0 atom stereocenters. The maximum Gasteiger partial charge on any atom is 0.269 e. The SMILES string of the molecule is CNC(C)(C)C(=O)NCc1cccc([N+](=O)[O-])c1. The quantitative estimate of drug-likeness (QED) is 0.608. The van der Waals surface area contributed by atoms with Crippen molar-refractivity contribution in [3.8, 4) is 0 Å². The predicted octanol–water partition coefficient (Wildman–Crippen LogP) is 1.21. The van der Waals surface area contributed by atoms with E-state index in [0.717, 1.165) is 0 Å². The molecule has 0 spiro atoms. The van der Waals surface area contributed by atoms with Gasteiger partial charge in [-0.25, -0.2) is 0 Å². The molecule has 0 unspecified atom stereocenters. The van der Waals surface area contributed by atoms with Crippen LogP contribution in [0, 0.1) is 10.1 Å². The summed E-state index contributed by atoms with van der Waals surface area (Å²) in [6, 6.07) is 6.21. The van der Waals surface area contributed by atoms with Crippen LogP contribution >= 0.6 is 0 Å². The molecule has 0 saturated carbocycles. The van der Waals surface area contributed by atoms with Gasteiger partial charge in [0, 0.05) is 18.7 Å². The third-order valence-corrected chi connectivity index (χ3v) is 2.77. The zero-order chi connectivity index (χ0) is 13.8. The molecule has 0 heterocycles. The second-order valence-corrected chi connectivity index (χ2v) is 4.48. The third kappa shape index (κ3) is 3.53. The predicted molar refractivity (Wildman–Crippen MR) is 68.1 cm³/mol. The van der Waals surface area contributed by atoms with E-state index in [2.05, 4.69) is 10.6 Å². The maximum absolute atomic E-state index is 11.8. The van der Waals surface area contributed by atoms with E-state index in [1.165, 1.54) is 12.1 Å². The lowest BCUT2D eigenvalue weighted by atomic mass is 10.1. The number of benzene rings is 1. The monoisotopic (exact) mass is 251 g/mol. The summed E-state index contributed by atoms with van der Waals surface area (Å²) >= 11 is 0. The van der Waals surface area contributed by atoms with Crippen LogP contribution in [0.3, 0.4) is 0 Å². The van der Waals surface area contributed by atoms with Crippen LogP contribution in [0.25, 0.3) is 0 Å². The van der Waals surface area contributed by atoms with Gasteiger partial charge in [0.2, 0.25) is 5.91 Å². The van der Waals surface area contributed by atoms with Crippen molar-refractivity contribution in [1.82, 2.24) is 10.6 Å². The average molecular weight is 251 g/mol. The van der Waals surface area contributed by atoms with Gasteiger partial charge < -0.3 is 10.6 Å². The fourth-order valence-electron chi connectivity index (χ4n) is 1.30. The number of carbonyl (C=O) groups excluding carboxylic acids is 1. The van der Waals surface area contributed by atoms with Crippen molar-refractivity contribution in [3.05, 3.63) is 39.9 Å². The van der Waals surface area contributed by atoms with Crippen molar-refractivity contribution in [1.29, 1.82) is 0 Å². The van der Waals surface area contributed by atoms with Gasteiger partial charge in [-0.1, -0.05) is 12.1 Å². The summed E-state index contributed by atoms with van der Waals surface area (Å²) in [4.78, 5) is 21.9. The van der Waals surface area contributed by atoms with Crippen LogP contribution in [0.4, 0.5) is 5.69 Å². The number of hydrogen-bond donors (Lipinski definition) is 2. The highest BCUT2D eigenvalue weighted by Crippen LogP contribution is 2.13. The van der Waals surface area contributed by atoms with Crippen LogP contribution in [0.1, 0.15) is 19.4 Å². The number of hydrogen-bond acceptors (Lipinski definition) is 4. The Morgan fingerprint density at radius 1 is 1.44 bits per heavy atom. The topological polar surface area (TPSA) is 84.3 Å². The zero-order valence-electron chi connectivity index (χ0n) is 10.7. The van der Waals surface area contributed by atoms with Crippen molar-refractivity contribution in [2.75, 3.05) is 7.05 Å². The fourth-order valence-corrected chi connectivity index (χ4v) is 1.30. The number of rotatable bonds is 5. The van der Waals surface area contributed by atoms with Crippen LogP contribution in [0.15, 0.2) is 24.3 Å². The molecular weight excluding hydrogens is 234 g/mol. The first kappa shape index (κ1) is 14.1. The number of nitro groups is 1. The highest BCUT2D eigenvalue weighted by atomic mass is 16.6. The minimum Gasteiger partial charge on any atom is -0.350 e. The van der Waals surface area contributed by atoms with Gasteiger partial charge in [0.15, 0.2) is 0 Å². The van der Waals surface area contributed by atoms with Crippen LogP contribution in [0.5, 0.6) is 0 Å². The van der Waals surface area contributed by atoms with Crippen molar-refractivity contribution in [3.63, 3.8) is 0 Å². The van der Waals surface area contributed by atoms with Crippen molar-refractivity contribution < 1.29 is 9.72 Å². The Bertz CT molecular complexity index is 458. The van der Waals surface area contributed by atoms with E-state index in [-0.39, 0.29) is 18.1 Å². The Balaban J connectivity index is 2.67. The highest BCUT2D eigenvalue weighted by molar-refractivity contribution is 5.85. The molecule has 0 radical (unpaired) electrons. The van der Waals surface area contributed by atoms with Gasteiger partial charge >= 0.3 is 0 Å². The number of non-ortho nitro benzene ring substituents is 1. The van der Waals surface area contributed by atoms with E-state index in [1.807, 2.05) is 0 Å². The molecule has 0 bridgehead atoms. The van der Waals surface area contributed by atoms with Crippen molar-refractivity contribution >= 4 is 11.6 Å². The molecule has 0 fully saturated rings. The number of nitrogens with zero attached hydrogens (tertiary/aromatic N) is 1. The fraction of sp³-hybridized carbons (Fsp3) is 0.417. The van der Waals surface area contributed by atoms with Crippen LogP contribution in [-0.2, 0) is 11.3 Å². The lowest BCUT2D eigenvalue weighted by Gasteiger charge is -2.22. The number of nitro benzene ring substituents is 1. The van der Waals surface area contributed by atoms with Gasteiger partial charge in [0.25, 0.3) is 5.69 Å². The largest absolute Gasteiger partial charge is 0.350 e. The van der Waals surface area contributed by atoms with Crippen molar-refractivity contribution in [2.24, 2.45) is 0 Å². The molecule has 1 amide bonds. The Hall–Kier alpha value is -1.95. The maximum atomic E-state index is 11.8. The summed E-state index contributed by atoms with van der Waals surface area (Å²) < 4.78 is 0. The van der Waals surface area contributed by atoms with Crippen LogP contribution in [-0.4, -0.2) is 23.4 Å². The van der Waals surface area contributed by atoms with E-state index in [1.54, 1.807) is 33.0 Å². The molecule has 0 aliphatic carbocycles. The van der Waals surface area contributed by atoms with E-state index in [0.29, 0.717) is 5.56 Å². The van der Waals surface area contributed by atoms with Gasteiger partial charge in [-0.2, -0.15) is 0 Å². The summed E-state index contributed by atoms with van der Waals surface area (Å²) in [5.41, 5.74) is 0.0554. The van der Waals surface area contributed by atoms with Gasteiger partial charge in [-0.05, 0) is 26.5 Å². The molecule has 0 aromatic heterocycles. The van der Waals surface area contributed by atoms with E-state index in [4.69, 9.17) is 0 Å². The second kappa shape index (κ2) is 5.59. The highest BCUT2D eigenvalue weighted by Gasteiger charge is 2.24. The van der Waals surface area contributed by atoms with E-state index < -0.39 is 10.5 Å². The molecule has 0 aliphatic heterocycles. The Kier molecular flexibility index (Phi) is 4.38.